The molecule has 7 heteroatoms. The minimum atomic E-state index is -3.59. The lowest BCUT2D eigenvalue weighted by Gasteiger charge is -2.15. The molecule has 0 radical (unpaired) electrons. The van der Waals surface area contributed by atoms with E-state index >= 15 is 0 Å². The molecule has 1 aromatic heterocycles. The number of aromatic nitrogens is 1. The number of fused-ring (bicyclic) bond motifs is 1. The highest BCUT2D eigenvalue weighted by molar-refractivity contribution is 7.89. The molecule has 3 aromatic rings. The van der Waals surface area contributed by atoms with Crippen LogP contribution in [0, 0.1) is 0 Å². The van der Waals surface area contributed by atoms with Crippen molar-refractivity contribution in [2.75, 3.05) is 26.7 Å². The Kier molecular flexibility index (Phi) is 6.80. The van der Waals surface area contributed by atoms with Gasteiger partial charge in [0, 0.05) is 47.8 Å². The van der Waals surface area contributed by atoms with E-state index in [1.807, 2.05) is 54.4 Å². The Morgan fingerprint density at radius 1 is 1.14 bits per heavy atom. The number of rotatable bonds is 8. The third-order valence-corrected chi connectivity index (χ3v) is 6.08. The van der Waals surface area contributed by atoms with Crippen LogP contribution in [0.15, 0.2) is 71.9 Å². The van der Waals surface area contributed by atoms with Crippen molar-refractivity contribution < 1.29 is 8.42 Å². The maximum absolute atomic E-state index is 12.7. The van der Waals surface area contributed by atoms with Crippen molar-refractivity contribution in [2.24, 2.45) is 0 Å². The smallest absolute Gasteiger partial charge is 0.241 e. The summed E-state index contributed by atoms with van der Waals surface area (Å²) in [4.78, 5) is 6.36. The van der Waals surface area contributed by atoms with Crippen molar-refractivity contribution in [1.29, 1.82) is 0 Å². The number of hydrogen-bond acceptors (Lipinski definition) is 4. The van der Waals surface area contributed by atoms with Crippen molar-refractivity contribution in [3.05, 3.63) is 77.6 Å². The van der Waals surface area contributed by atoms with Gasteiger partial charge >= 0.3 is 0 Å². The second-order valence-corrected chi connectivity index (χ2v) is 8.64. The van der Waals surface area contributed by atoms with Crippen molar-refractivity contribution in [1.82, 2.24) is 14.6 Å². The molecule has 0 aliphatic rings. The molecule has 3 rings (SSSR count). The molecule has 0 atom stereocenters. The lowest BCUT2D eigenvalue weighted by Crippen LogP contribution is -2.33. The molecule has 0 aliphatic heterocycles. The van der Waals surface area contributed by atoms with Gasteiger partial charge in [0.05, 0.1) is 4.90 Å². The second kappa shape index (κ2) is 9.30. The first kappa shape index (κ1) is 20.5. The van der Waals surface area contributed by atoms with Crippen LogP contribution in [-0.2, 0) is 10.0 Å². The molecule has 1 heterocycles. The number of halogens is 1. The van der Waals surface area contributed by atoms with Gasteiger partial charge in [0.15, 0.2) is 0 Å². The lowest BCUT2D eigenvalue weighted by molar-refractivity contribution is 0.375. The minimum absolute atomic E-state index is 0.276. The summed E-state index contributed by atoms with van der Waals surface area (Å²) in [6, 6.07) is 14.5. The van der Waals surface area contributed by atoms with E-state index in [-0.39, 0.29) is 4.90 Å². The molecular formula is C21H22ClN3O2S. The predicted molar refractivity (Wildman–Crippen MR) is 115 cm³/mol. The molecule has 146 valence electrons. The lowest BCUT2D eigenvalue weighted by atomic mass is 10.2. The van der Waals surface area contributed by atoms with E-state index < -0.39 is 10.0 Å². The van der Waals surface area contributed by atoms with Gasteiger partial charge in [0.2, 0.25) is 10.0 Å². The summed E-state index contributed by atoms with van der Waals surface area (Å²) in [5.41, 5.74) is 1.07. The number of likely N-dealkylation sites (N-methyl/N-ethyl adjacent to an activating group) is 1. The largest absolute Gasteiger partial charge is 0.301 e. The van der Waals surface area contributed by atoms with Crippen LogP contribution < -0.4 is 4.72 Å². The van der Waals surface area contributed by atoms with Gasteiger partial charge in [-0.1, -0.05) is 48.0 Å². The Balaban J connectivity index is 1.54. The fraction of sp³-hybridized carbons (Fsp3) is 0.190. The Hall–Kier alpha value is -2.25. The number of nitrogens with zero attached hydrogens (tertiary/aromatic N) is 2. The number of nitrogens with one attached hydrogen (secondary N) is 1. The fourth-order valence-corrected chi connectivity index (χ4v) is 4.18. The van der Waals surface area contributed by atoms with Crippen LogP contribution in [0.2, 0.25) is 5.02 Å². The Morgan fingerprint density at radius 2 is 1.93 bits per heavy atom. The SMILES string of the molecule is CN(CC=Cc1ccc(Cl)cc1)CCNS(=O)(=O)c1cccc2cnccc12. The fourth-order valence-electron chi connectivity index (χ4n) is 2.81. The molecule has 0 saturated heterocycles. The quantitative estimate of drug-likeness (QED) is 0.607. The van der Waals surface area contributed by atoms with Crippen molar-refractivity contribution >= 4 is 38.5 Å². The molecule has 0 bridgehead atoms. The van der Waals surface area contributed by atoms with Gasteiger partial charge in [-0.2, -0.15) is 0 Å². The molecule has 1 N–H and O–H groups in total. The maximum Gasteiger partial charge on any atom is 0.241 e. The van der Waals surface area contributed by atoms with E-state index in [2.05, 4.69) is 9.71 Å². The monoisotopic (exact) mass is 415 g/mol. The van der Waals surface area contributed by atoms with Crippen molar-refractivity contribution in [3.8, 4) is 0 Å². The van der Waals surface area contributed by atoms with Gasteiger partial charge in [-0.25, -0.2) is 13.1 Å². The Bertz CT molecular complexity index is 1060. The highest BCUT2D eigenvalue weighted by atomic mass is 35.5. The van der Waals surface area contributed by atoms with Crippen LogP contribution in [0.25, 0.3) is 16.8 Å². The first-order valence-electron chi connectivity index (χ1n) is 8.89. The van der Waals surface area contributed by atoms with E-state index in [0.29, 0.717) is 30.0 Å². The second-order valence-electron chi connectivity index (χ2n) is 6.47. The zero-order valence-electron chi connectivity index (χ0n) is 15.5. The molecular weight excluding hydrogens is 394 g/mol. The maximum atomic E-state index is 12.7. The third-order valence-electron chi connectivity index (χ3n) is 4.31. The molecule has 0 aliphatic carbocycles. The van der Waals surface area contributed by atoms with E-state index in [1.165, 1.54) is 0 Å². The average molecular weight is 416 g/mol. The molecule has 5 nitrogen and oxygen atoms in total. The standard InChI is InChI=1S/C21H22ClN3O2S/c1-25(14-3-4-17-7-9-19(22)10-8-17)15-13-24-28(26,27)21-6-2-5-18-16-23-12-11-20(18)21/h2-12,16,24H,13-15H2,1H3. The topological polar surface area (TPSA) is 62.3 Å². The van der Waals surface area contributed by atoms with Gasteiger partial charge in [-0.3, -0.25) is 4.98 Å². The molecule has 0 fully saturated rings. The van der Waals surface area contributed by atoms with Crippen LogP contribution in [0.5, 0.6) is 0 Å². The van der Waals surface area contributed by atoms with Gasteiger partial charge < -0.3 is 4.90 Å². The van der Waals surface area contributed by atoms with Crippen LogP contribution >= 0.6 is 11.6 Å². The van der Waals surface area contributed by atoms with Gasteiger partial charge in [0.1, 0.15) is 0 Å². The highest BCUT2D eigenvalue weighted by Gasteiger charge is 2.16. The van der Waals surface area contributed by atoms with Crippen LogP contribution in [-0.4, -0.2) is 45.0 Å². The van der Waals surface area contributed by atoms with Gasteiger partial charge in [-0.15, -0.1) is 0 Å². The normalized spacial score (nSPS) is 12.2. The van der Waals surface area contributed by atoms with Gasteiger partial charge in [0.25, 0.3) is 0 Å². The summed E-state index contributed by atoms with van der Waals surface area (Å²) in [6.07, 6.45) is 7.31. The summed E-state index contributed by atoms with van der Waals surface area (Å²) in [5, 5.41) is 2.18. The first-order chi connectivity index (χ1) is 13.5. The highest BCUT2D eigenvalue weighted by Crippen LogP contribution is 2.21. The third kappa shape index (κ3) is 5.39. The summed E-state index contributed by atoms with van der Waals surface area (Å²) in [5.74, 6) is 0. The van der Waals surface area contributed by atoms with E-state index in [9.17, 15) is 8.42 Å². The summed E-state index contributed by atoms with van der Waals surface area (Å²) < 4.78 is 28.0. The van der Waals surface area contributed by atoms with E-state index in [0.717, 1.165) is 10.9 Å². The van der Waals surface area contributed by atoms with Crippen LogP contribution in [0.3, 0.4) is 0 Å². The first-order valence-corrected chi connectivity index (χ1v) is 10.7. The van der Waals surface area contributed by atoms with Crippen molar-refractivity contribution in [2.45, 2.75) is 4.90 Å². The summed E-state index contributed by atoms with van der Waals surface area (Å²) in [7, 11) is -1.64. The average Bonchev–Trinajstić information content (AvgIpc) is 2.69. The Morgan fingerprint density at radius 3 is 2.71 bits per heavy atom. The van der Waals surface area contributed by atoms with Gasteiger partial charge in [-0.05, 0) is 36.9 Å². The molecule has 0 spiro atoms. The van der Waals surface area contributed by atoms with Crippen molar-refractivity contribution in [3.63, 3.8) is 0 Å². The predicted octanol–water partition coefficient (Wildman–Crippen LogP) is 3.81. The van der Waals surface area contributed by atoms with Crippen LogP contribution in [0.4, 0.5) is 0 Å². The minimum Gasteiger partial charge on any atom is -0.301 e. The molecule has 0 saturated carbocycles. The van der Waals surface area contributed by atoms with E-state index in [1.54, 1.807) is 30.6 Å². The van der Waals surface area contributed by atoms with Crippen LogP contribution in [0.1, 0.15) is 5.56 Å². The molecule has 2 aromatic carbocycles. The zero-order chi connectivity index (χ0) is 20.0. The summed E-state index contributed by atoms with van der Waals surface area (Å²) in [6.45, 7) is 1.63. The Labute approximate surface area is 170 Å². The number of pyridine rings is 1. The van der Waals surface area contributed by atoms with E-state index in [4.69, 9.17) is 11.6 Å². The zero-order valence-corrected chi connectivity index (χ0v) is 17.1. The molecule has 28 heavy (non-hydrogen) atoms. The number of sulfonamides is 1. The molecule has 0 unspecified atom stereocenters. The number of hydrogen-bond donors (Lipinski definition) is 1. The molecule has 0 amide bonds. The number of benzene rings is 2. The summed E-state index contributed by atoms with van der Waals surface area (Å²) >= 11 is 5.88.